The van der Waals surface area contributed by atoms with Crippen molar-refractivity contribution in [2.24, 2.45) is 7.05 Å². The number of rotatable bonds is 3. The summed E-state index contributed by atoms with van der Waals surface area (Å²) in [4.78, 5) is 22.2. The molecule has 0 bridgehead atoms. The summed E-state index contributed by atoms with van der Waals surface area (Å²) >= 11 is 6.27. The maximum atomic E-state index is 11.7. The van der Waals surface area contributed by atoms with Gasteiger partial charge in [0, 0.05) is 50.9 Å². The van der Waals surface area contributed by atoms with Gasteiger partial charge >= 0.3 is 6.09 Å². The van der Waals surface area contributed by atoms with Gasteiger partial charge < -0.3 is 24.6 Å². The van der Waals surface area contributed by atoms with Gasteiger partial charge in [-0.3, -0.25) is 4.98 Å². The number of carbonyl (C=O) groups excluding carboxylic acids is 1. The van der Waals surface area contributed by atoms with Crippen LogP contribution in [-0.2, 0) is 23.8 Å². The first-order valence-electron chi connectivity index (χ1n) is 14.1. The number of ether oxygens (including phenoxy) is 1. The fraction of sp³-hybridized carbons (Fsp3) is 0.452. The Morgan fingerprint density at radius 1 is 1.18 bits per heavy atom. The first-order valence-corrected chi connectivity index (χ1v) is 14.5. The molecule has 8 nitrogen and oxygen atoms in total. The van der Waals surface area contributed by atoms with Crippen LogP contribution in [0.4, 0.5) is 4.79 Å². The van der Waals surface area contributed by atoms with E-state index in [1.54, 1.807) is 25.6 Å². The number of aryl methyl sites for hydroxylation is 1. The second-order valence-electron chi connectivity index (χ2n) is 10.9. The lowest BCUT2D eigenvalue weighted by Gasteiger charge is -2.29. The molecule has 212 valence electrons. The van der Waals surface area contributed by atoms with Crippen molar-refractivity contribution in [3.63, 3.8) is 0 Å². The molecule has 9 heteroatoms. The molecule has 3 aliphatic rings. The molecule has 0 unspecified atom stereocenters. The number of imidazole rings is 1. The van der Waals surface area contributed by atoms with Crippen molar-refractivity contribution >= 4 is 29.3 Å². The normalized spacial score (nSPS) is 18.7. The first kappa shape index (κ1) is 28.3. The van der Waals surface area contributed by atoms with Crippen LogP contribution < -0.4 is 5.32 Å². The van der Waals surface area contributed by atoms with Crippen LogP contribution in [0.15, 0.2) is 49.1 Å². The monoisotopic (exact) mass is 563 g/mol. The third-order valence-electron chi connectivity index (χ3n) is 7.98. The molecule has 1 aliphatic heterocycles. The van der Waals surface area contributed by atoms with E-state index < -0.39 is 5.60 Å². The molecule has 0 spiro atoms. The minimum Gasteiger partial charge on any atom is -0.446 e. The van der Waals surface area contributed by atoms with Crippen LogP contribution in [0.5, 0.6) is 0 Å². The van der Waals surface area contributed by atoms with Crippen molar-refractivity contribution in [3.8, 4) is 0 Å². The number of amides is 1. The van der Waals surface area contributed by atoms with Gasteiger partial charge in [-0.25, -0.2) is 9.78 Å². The van der Waals surface area contributed by atoms with Gasteiger partial charge in [-0.1, -0.05) is 30.2 Å². The summed E-state index contributed by atoms with van der Waals surface area (Å²) in [6.07, 6.45) is 13.8. The predicted octanol–water partition coefficient (Wildman–Crippen LogP) is 5.18. The molecule has 1 aromatic carbocycles. The standard InChI is InChI=1S/C20H18ClN3O.C11H20N2O2/c1-20(25,19-11-22-12-24(19)2)17-8-14-4-3-7-23-18(14)9-13-5-6-15(21)10-16(13)17;14-11(13-8-6-12-7-9-13)15-10-4-2-1-3-5-10/h3-8,10-12,25H,9H2,1-2H3;10,12H,1-9H2/t20-;/m1./s1. The van der Waals surface area contributed by atoms with Crippen molar-refractivity contribution < 1.29 is 14.6 Å². The lowest BCUT2D eigenvalue weighted by molar-refractivity contribution is 0.0433. The summed E-state index contributed by atoms with van der Waals surface area (Å²) in [7, 11) is 1.88. The number of nitrogens with one attached hydrogen (secondary N) is 1. The van der Waals surface area contributed by atoms with E-state index in [9.17, 15) is 9.90 Å². The van der Waals surface area contributed by atoms with Gasteiger partial charge in [0.25, 0.3) is 0 Å². The molecule has 3 aromatic rings. The molecule has 3 heterocycles. The van der Waals surface area contributed by atoms with E-state index in [2.05, 4.69) is 15.3 Å². The molecule has 0 radical (unpaired) electrons. The van der Waals surface area contributed by atoms with Crippen molar-refractivity contribution in [2.45, 2.75) is 57.2 Å². The van der Waals surface area contributed by atoms with Crippen molar-refractivity contribution in [3.05, 3.63) is 82.2 Å². The van der Waals surface area contributed by atoms with Gasteiger partial charge in [-0.15, -0.1) is 0 Å². The third kappa shape index (κ3) is 6.40. The number of hydrogen-bond acceptors (Lipinski definition) is 6. The molecule has 1 saturated heterocycles. The van der Waals surface area contributed by atoms with Crippen LogP contribution in [0.3, 0.4) is 0 Å². The summed E-state index contributed by atoms with van der Waals surface area (Å²) in [5.41, 5.74) is 4.32. The van der Waals surface area contributed by atoms with Gasteiger partial charge in [0.1, 0.15) is 11.7 Å². The van der Waals surface area contributed by atoms with Crippen LogP contribution in [0, 0.1) is 0 Å². The number of pyridine rings is 1. The zero-order valence-corrected chi connectivity index (χ0v) is 24.0. The molecule has 1 atom stereocenters. The zero-order valence-electron chi connectivity index (χ0n) is 23.3. The Morgan fingerprint density at radius 3 is 2.67 bits per heavy atom. The topological polar surface area (TPSA) is 92.5 Å². The number of aliphatic hydroxyl groups is 1. The molecule has 1 amide bonds. The van der Waals surface area contributed by atoms with Crippen LogP contribution in [-0.4, -0.2) is 62.9 Å². The van der Waals surface area contributed by atoms with Gasteiger partial charge in [-0.2, -0.15) is 0 Å². The van der Waals surface area contributed by atoms with E-state index in [4.69, 9.17) is 16.3 Å². The molecule has 2 N–H and O–H groups in total. The molecule has 6 rings (SSSR count). The highest BCUT2D eigenvalue weighted by Crippen LogP contribution is 2.41. The maximum Gasteiger partial charge on any atom is 0.410 e. The number of nitrogens with zero attached hydrogens (tertiary/aromatic N) is 4. The fourth-order valence-electron chi connectivity index (χ4n) is 5.71. The van der Waals surface area contributed by atoms with Crippen LogP contribution >= 0.6 is 11.6 Å². The van der Waals surface area contributed by atoms with Crippen LogP contribution in [0.2, 0.25) is 5.02 Å². The average molecular weight is 564 g/mol. The van der Waals surface area contributed by atoms with Crippen LogP contribution in [0.1, 0.15) is 67.1 Å². The SMILES string of the molecule is Cn1cncc1[C@](C)(O)C1=Cc2cccnc2Cc2ccc(Cl)cc21.O=C(OC1CCCCC1)N1CCNCC1. The Hall–Kier alpha value is -3.20. The summed E-state index contributed by atoms with van der Waals surface area (Å²) in [6.45, 7) is 5.14. The predicted molar refractivity (Wildman–Crippen MR) is 157 cm³/mol. The van der Waals surface area contributed by atoms with E-state index >= 15 is 0 Å². The zero-order chi connectivity index (χ0) is 28.1. The quantitative estimate of drug-likeness (QED) is 0.456. The Kier molecular flexibility index (Phi) is 8.88. The average Bonchev–Trinajstić information content (AvgIpc) is 3.34. The lowest BCUT2D eigenvalue weighted by Crippen LogP contribution is -2.47. The smallest absolute Gasteiger partial charge is 0.410 e. The van der Waals surface area contributed by atoms with E-state index in [-0.39, 0.29) is 12.2 Å². The van der Waals surface area contributed by atoms with Gasteiger partial charge in [0.2, 0.25) is 0 Å². The van der Waals surface area contributed by atoms with E-state index in [0.717, 1.165) is 72.7 Å². The Balaban J connectivity index is 0.000000184. The minimum atomic E-state index is -1.22. The van der Waals surface area contributed by atoms with Crippen molar-refractivity contribution in [2.75, 3.05) is 26.2 Å². The molecular weight excluding hydrogens is 526 g/mol. The van der Waals surface area contributed by atoms with E-state index in [0.29, 0.717) is 11.4 Å². The summed E-state index contributed by atoms with van der Waals surface area (Å²) in [5, 5.41) is 15.3. The first-order chi connectivity index (χ1) is 19.3. The molecular formula is C31H38ClN5O3. The van der Waals surface area contributed by atoms with Gasteiger partial charge in [0.15, 0.2) is 0 Å². The summed E-state index contributed by atoms with van der Waals surface area (Å²) < 4.78 is 7.32. The largest absolute Gasteiger partial charge is 0.446 e. The molecule has 2 fully saturated rings. The summed E-state index contributed by atoms with van der Waals surface area (Å²) in [5.74, 6) is 0. The number of fused-ring (bicyclic) bond motifs is 2. The second-order valence-corrected chi connectivity index (χ2v) is 11.4. The van der Waals surface area contributed by atoms with Gasteiger partial charge in [0.05, 0.1) is 23.9 Å². The molecule has 40 heavy (non-hydrogen) atoms. The lowest BCUT2D eigenvalue weighted by atomic mass is 9.84. The van der Waals surface area contributed by atoms with E-state index in [1.165, 1.54) is 19.3 Å². The maximum absolute atomic E-state index is 11.7. The number of aromatic nitrogens is 3. The Bertz CT molecular complexity index is 1360. The Morgan fingerprint density at radius 2 is 1.95 bits per heavy atom. The Labute approximate surface area is 241 Å². The van der Waals surface area contributed by atoms with Gasteiger partial charge in [-0.05, 0) is 79.1 Å². The molecule has 2 aliphatic carbocycles. The van der Waals surface area contributed by atoms with Crippen molar-refractivity contribution in [1.82, 2.24) is 24.8 Å². The number of halogens is 1. The third-order valence-corrected chi connectivity index (χ3v) is 8.22. The van der Waals surface area contributed by atoms with E-state index in [1.807, 2.05) is 52.9 Å². The van der Waals surface area contributed by atoms with Crippen molar-refractivity contribution in [1.29, 1.82) is 0 Å². The summed E-state index contributed by atoms with van der Waals surface area (Å²) in [6, 6.07) is 9.74. The molecule has 2 aromatic heterocycles. The fourth-order valence-corrected chi connectivity index (χ4v) is 5.88. The number of carbonyl (C=O) groups is 1. The highest BCUT2D eigenvalue weighted by molar-refractivity contribution is 6.30. The number of benzene rings is 1. The number of hydrogen-bond donors (Lipinski definition) is 2. The minimum absolute atomic E-state index is 0.108. The highest BCUT2D eigenvalue weighted by atomic mass is 35.5. The molecule has 1 saturated carbocycles. The van der Waals surface area contributed by atoms with Crippen LogP contribution in [0.25, 0.3) is 11.6 Å². The highest BCUT2D eigenvalue weighted by Gasteiger charge is 2.34. The second kappa shape index (κ2) is 12.5. The number of piperazine rings is 1.